The monoisotopic (exact) mass is 996 g/mol. The van der Waals surface area contributed by atoms with Gasteiger partial charge in [-0.3, -0.25) is 0 Å². The topological polar surface area (TPSA) is 357 Å². The Morgan fingerprint density at radius 2 is 1.13 bits per heavy atom. The lowest BCUT2D eigenvalue weighted by molar-refractivity contribution is -0.306. The van der Waals surface area contributed by atoms with E-state index in [-0.39, 0.29) is 25.3 Å². The van der Waals surface area contributed by atoms with Crippen LogP contribution in [-0.2, 0) is 35.0 Å². The zero-order valence-electron chi connectivity index (χ0n) is 37.7. The van der Waals surface area contributed by atoms with E-state index in [1.165, 1.54) is 54.9 Å². The van der Waals surface area contributed by atoms with Crippen LogP contribution in [0.3, 0.4) is 0 Å². The maximum absolute atomic E-state index is 11.9. The van der Waals surface area contributed by atoms with Crippen LogP contribution < -0.4 is 45.0 Å². The highest BCUT2D eigenvalue weighted by Crippen LogP contribution is 2.42. The molecule has 19 atom stereocenters. The second-order valence-electron chi connectivity index (χ2n) is 18.5. The number of fused-ring (bicyclic) bond motifs is 2. The van der Waals surface area contributed by atoms with Gasteiger partial charge in [-0.2, -0.15) is 11.8 Å². The molecule has 0 amide bonds. The first-order chi connectivity index (χ1) is 33.2. The lowest BCUT2D eigenvalue weighted by atomic mass is 9.84. The highest BCUT2D eigenvalue weighted by Gasteiger charge is 2.54. The van der Waals surface area contributed by atoms with Crippen molar-refractivity contribution in [3.63, 3.8) is 0 Å². The fourth-order valence-electron chi connectivity index (χ4n) is 10.3. The highest BCUT2D eigenvalue weighted by atomic mass is 32.2. The molecule has 69 heavy (non-hydrogen) atoms. The molecule has 0 spiro atoms. The molecule has 0 radical (unpaired) electrons. The Balaban J connectivity index is 0.864. The van der Waals surface area contributed by atoms with Gasteiger partial charge in [-0.25, -0.2) is 0 Å². The SMILES string of the molecule is NC[C@@H]1O[C@H](O[C@H]2[C@@H](O)[C@H](O[C@@H]3[C@@H](O)[C@H](N)C[C@H](N)[C@H]3O[C@H]3O[C@H](CN)[C@@H](O)[C@H](O)[C@H]3N)O[C@@H]2CSCCNC(=S)NCc2ccc3cccc4c5cccc6cccc(c2c34)c65)[C@H](N)[C@@H](O)[C@@H]1O. The molecule has 20 N–H and O–H groups in total. The van der Waals surface area contributed by atoms with Gasteiger partial charge in [-0.05, 0) is 67.3 Å². The predicted octanol–water partition coefficient (Wildman–Crippen LogP) is -2.44. The number of thioether (sulfide) groups is 1. The molecule has 3 saturated heterocycles. The molecule has 3 heterocycles. The summed E-state index contributed by atoms with van der Waals surface area (Å²) in [4.78, 5) is 0. The van der Waals surface area contributed by atoms with Crippen LogP contribution in [0.15, 0.2) is 66.7 Å². The average molecular weight is 997 g/mol. The number of nitrogens with one attached hydrogen (secondary N) is 2. The van der Waals surface area contributed by atoms with Crippen molar-refractivity contribution in [1.29, 1.82) is 0 Å². The smallest absolute Gasteiger partial charge is 0.187 e. The second kappa shape index (κ2) is 21.4. The summed E-state index contributed by atoms with van der Waals surface area (Å²) in [5, 5.41) is 82.4. The number of nitrogens with two attached hydrogens (primary N) is 6. The van der Waals surface area contributed by atoms with E-state index in [4.69, 9.17) is 75.0 Å². The lowest BCUT2D eigenvalue weighted by Gasteiger charge is -2.47. The van der Waals surface area contributed by atoms with Gasteiger partial charge in [0.15, 0.2) is 24.0 Å². The third-order valence-corrected chi connectivity index (χ3v) is 15.4. The lowest BCUT2D eigenvalue weighted by Crippen LogP contribution is -2.68. The normalized spacial score (nSPS) is 37.5. The van der Waals surface area contributed by atoms with Crippen LogP contribution in [0.1, 0.15) is 12.0 Å². The van der Waals surface area contributed by atoms with E-state index in [0.29, 0.717) is 24.0 Å². The van der Waals surface area contributed by atoms with Crippen molar-refractivity contribution in [3.05, 3.63) is 72.3 Å². The molecular weight excluding hydrogens is 933 g/mol. The van der Waals surface area contributed by atoms with Crippen LogP contribution in [0.25, 0.3) is 43.1 Å². The summed E-state index contributed by atoms with van der Waals surface area (Å²) in [5.41, 5.74) is 38.0. The molecular formula is C47H64N8O12S2. The number of ether oxygens (including phenoxy) is 6. The van der Waals surface area contributed by atoms with Crippen molar-refractivity contribution >= 4 is 72.2 Å². The number of benzene rings is 5. The Morgan fingerprint density at radius 1 is 0.580 bits per heavy atom. The average Bonchev–Trinajstić information content (AvgIpc) is 3.64. The predicted molar refractivity (Wildman–Crippen MR) is 264 cm³/mol. The molecule has 5 aromatic carbocycles. The van der Waals surface area contributed by atoms with E-state index in [1.54, 1.807) is 0 Å². The van der Waals surface area contributed by atoms with Crippen LogP contribution in [-0.4, -0.2) is 183 Å². The van der Waals surface area contributed by atoms with Crippen LogP contribution >= 0.6 is 24.0 Å². The molecule has 4 aliphatic rings. The fraction of sp³-hybridized carbons (Fsp3) is 0.553. The first-order valence-electron chi connectivity index (χ1n) is 23.3. The molecule has 3 aliphatic heterocycles. The minimum Gasteiger partial charge on any atom is -0.389 e. The van der Waals surface area contributed by atoms with Crippen molar-refractivity contribution in [1.82, 2.24) is 10.6 Å². The first kappa shape index (κ1) is 50.7. The first-order valence-corrected chi connectivity index (χ1v) is 24.9. The van der Waals surface area contributed by atoms with Crippen LogP contribution in [0.2, 0.25) is 0 Å². The van der Waals surface area contributed by atoms with Crippen LogP contribution in [0.5, 0.6) is 0 Å². The standard InChI is InChI=1S/C47H64N8O12S2/c48-15-27-36(57)38(59)33(52)44(62-27)65-41-26(51)14-25(50)35(56)43(41)67-46-40(61)42(66-45-34(53)39(60)37(58)28(16-49)63-45)29(64-46)18-69-13-12-54-47(68)55-17-21-11-10-20-6-2-8-23-22-7-1-4-19-5-3-9-24(30(19)22)32(21)31(20)23/h1-11,25-29,33-46,56-61H,12-18,48-53H2,(H2,54,55,68)/t25-,26+,27-,28+,29-,33-,34-,35+,36-,37-,38-,39-,40-,41-,42-,43-,44-,45-,46+/m1/s1. The maximum Gasteiger partial charge on any atom is 0.187 e. The van der Waals surface area contributed by atoms with E-state index in [0.717, 1.165) is 5.56 Å². The van der Waals surface area contributed by atoms with Gasteiger partial charge in [0.2, 0.25) is 0 Å². The Morgan fingerprint density at radius 3 is 1.75 bits per heavy atom. The van der Waals surface area contributed by atoms with Gasteiger partial charge in [0.1, 0.15) is 61.0 Å². The molecule has 0 aromatic heterocycles. The summed E-state index contributed by atoms with van der Waals surface area (Å²) >= 11 is 7.21. The Labute approximate surface area is 407 Å². The van der Waals surface area contributed by atoms with E-state index in [1.807, 2.05) is 0 Å². The summed E-state index contributed by atoms with van der Waals surface area (Å²) in [6.07, 6.45) is -19.3. The van der Waals surface area contributed by atoms with Gasteiger partial charge in [-0.15, -0.1) is 0 Å². The fourth-order valence-corrected chi connectivity index (χ4v) is 11.4. The molecule has 22 heteroatoms. The summed E-state index contributed by atoms with van der Waals surface area (Å²) in [6.45, 7) is 0.638. The summed E-state index contributed by atoms with van der Waals surface area (Å²) < 4.78 is 36.8. The number of aliphatic hydroxyl groups excluding tert-OH is 6. The molecule has 20 nitrogen and oxygen atoms in total. The minimum atomic E-state index is -1.55. The quantitative estimate of drug-likeness (QED) is 0.0224. The van der Waals surface area contributed by atoms with Gasteiger partial charge in [-0.1, -0.05) is 66.7 Å². The largest absolute Gasteiger partial charge is 0.389 e. The molecule has 0 unspecified atom stereocenters. The van der Waals surface area contributed by atoms with Gasteiger partial charge >= 0.3 is 0 Å². The van der Waals surface area contributed by atoms with Gasteiger partial charge < -0.3 is 104 Å². The molecule has 1 saturated carbocycles. The number of hydrogen-bond donors (Lipinski definition) is 14. The van der Waals surface area contributed by atoms with E-state index >= 15 is 0 Å². The number of rotatable bonds is 15. The number of hydrogen-bond acceptors (Lipinski definition) is 20. The molecule has 4 fully saturated rings. The second-order valence-corrected chi connectivity index (χ2v) is 20.0. The Kier molecular flexibility index (Phi) is 15.7. The Hall–Kier alpha value is -3.28. The summed E-state index contributed by atoms with van der Waals surface area (Å²) in [5.74, 6) is 0.774. The van der Waals surface area contributed by atoms with Crippen molar-refractivity contribution in [3.8, 4) is 0 Å². The minimum absolute atomic E-state index is 0.0931. The number of thiocarbonyl (C=S) groups is 1. The maximum atomic E-state index is 11.9. The summed E-state index contributed by atoms with van der Waals surface area (Å²) in [6, 6.07) is 19.4. The van der Waals surface area contributed by atoms with E-state index in [9.17, 15) is 30.6 Å². The molecule has 5 aromatic rings. The van der Waals surface area contributed by atoms with Gasteiger partial charge in [0.25, 0.3) is 0 Å². The zero-order valence-corrected chi connectivity index (χ0v) is 39.3. The van der Waals surface area contributed by atoms with Crippen molar-refractivity contribution in [2.45, 2.75) is 129 Å². The molecule has 376 valence electrons. The van der Waals surface area contributed by atoms with E-state index in [2.05, 4.69) is 77.4 Å². The van der Waals surface area contributed by atoms with Crippen molar-refractivity contribution < 1.29 is 59.1 Å². The highest BCUT2D eigenvalue weighted by molar-refractivity contribution is 7.99. The van der Waals surface area contributed by atoms with Gasteiger partial charge in [0.05, 0.1) is 24.3 Å². The van der Waals surface area contributed by atoms with Crippen LogP contribution in [0.4, 0.5) is 0 Å². The third-order valence-electron chi connectivity index (χ3n) is 14.0. The van der Waals surface area contributed by atoms with Gasteiger partial charge in [0, 0.05) is 49.8 Å². The van der Waals surface area contributed by atoms with Crippen molar-refractivity contribution in [2.75, 3.05) is 31.1 Å². The third kappa shape index (κ3) is 9.86. The zero-order chi connectivity index (χ0) is 48.8. The van der Waals surface area contributed by atoms with E-state index < -0.39 is 116 Å². The van der Waals surface area contributed by atoms with Crippen molar-refractivity contribution in [2.24, 2.45) is 34.4 Å². The summed E-state index contributed by atoms with van der Waals surface area (Å²) in [7, 11) is 0. The Bertz CT molecular complexity index is 2550. The molecule has 1 aliphatic carbocycles. The van der Waals surface area contributed by atoms with Crippen LogP contribution in [0, 0.1) is 0 Å². The molecule has 0 bridgehead atoms. The number of aliphatic hydroxyl groups is 6. The molecule has 9 rings (SSSR count).